The summed E-state index contributed by atoms with van der Waals surface area (Å²) in [6.07, 6.45) is 3.84. The molecule has 0 spiro atoms. The van der Waals surface area contributed by atoms with Crippen LogP contribution in [-0.4, -0.2) is 27.7 Å². The standard InChI is InChI=1S/C24H23ClN6O2/c1-14-9-19(33-31-14)12-22(32)29-21-8-7-18-11-16(21)6-5-15-3-2-4-17(10-15)28-24-26-13-20(25)23(27-18)30-24/h2-4,7-8,10-11,13,19H,5-6,9,12H2,1H3,(H,29,32)(H2,26,27,28,30). The van der Waals surface area contributed by atoms with Gasteiger partial charge in [0.15, 0.2) is 5.82 Å². The van der Waals surface area contributed by atoms with Crippen LogP contribution in [0, 0.1) is 0 Å². The average molecular weight is 463 g/mol. The number of aromatic nitrogens is 2. The zero-order valence-corrected chi connectivity index (χ0v) is 18.8. The molecule has 0 aliphatic carbocycles. The molecule has 0 saturated heterocycles. The van der Waals surface area contributed by atoms with Gasteiger partial charge in [-0.05, 0) is 61.2 Å². The number of aryl methyl sites for hydroxylation is 2. The molecular weight excluding hydrogens is 440 g/mol. The fourth-order valence-corrected chi connectivity index (χ4v) is 4.09. The van der Waals surface area contributed by atoms with Crippen LogP contribution in [0.4, 0.5) is 28.8 Å². The first-order chi connectivity index (χ1) is 16.0. The van der Waals surface area contributed by atoms with E-state index in [1.54, 1.807) is 6.20 Å². The van der Waals surface area contributed by atoms with E-state index in [0.29, 0.717) is 23.2 Å². The number of nitrogens with zero attached hydrogens (tertiary/aromatic N) is 3. The third-order valence-corrected chi connectivity index (χ3v) is 5.82. The van der Waals surface area contributed by atoms with Crippen LogP contribution in [0.25, 0.3) is 0 Å². The fourth-order valence-electron chi connectivity index (χ4n) is 3.95. The van der Waals surface area contributed by atoms with Gasteiger partial charge in [-0.1, -0.05) is 28.9 Å². The van der Waals surface area contributed by atoms with E-state index >= 15 is 0 Å². The van der Waals surface area contributed by atoms with Gasteiger partial charge in [0, 0.05) is 23.5 Å². The average Bonchev–Trinajstić information content (AvgIpc) is 3.20. The van der Waals surface area contributed by atoms with E-state index in [1.165, 1.54) is 0 Å². The molecule has 33 heavy (non-hydrogen) atoms. The monoisotopic (exact) mass is 462 g/mol. The first kappa shape index (κ1) is 21.2. The normalized spacial score (nSPS) is 16.7. The number of halogens is 1. The number of anilines is 5. The fraction of sp³-hybridized carbons (Fsp3) is 0.250. The van der Waals surface area contributed by atoms with E-state index < -0.39 is 0 Å². The van der Waals surface area contributed by atoms with Gasteiger partial charge in [-0.15, -0.1) is 0 Å². The van der Waals surface area contributed by atoms with Gasteiger partial charge in [-0.2, -0.15) is 4.98 Å². The maximum absolute atomic E-state index is 12.7. The molecule has 0 radical (unpaired) electrons. The van der Waals surface area contributed by atoms with Gasteiger partial charge in [-0.3, -0.25) is 4.79 Å². The van der Waals surface area contributed by atoms with Crippen molar-refractivity contribution < 1.29 is 9.63 Å². The minimum atomic E-state index is -0.208. The van der Waals surface area contributed by atoms with Crippen molar-refractivity contribution in [3.63, 3.8) is 0 Å². The molecule has 1 unspecified atom stereocenters. The number of rotatable bonds is 3. The molecule has 3 N–H and O–H groups in total. The van der Waals surface area contributed by atoms with E-state index in [0.717, 1.165) is 46.7 Å². The largest absolute Gasteiger partial charge is 0.392 e. The summed E-state index contributed by atoms with van der Waals surface area (Å²) in [7, 11) is 0. The molecule has 1 amide bonds. The predicted octanol–water partition coefficient (Wildman–Crippen LogP) is 5.21. The molecule has 0 fully saturated rings. The lowest BCUT2D eigenvalue weighted by molar-refractivity contribution is -0.118. The molecule has 2 aromatic carbocycles. The van der Waals surface area contributed by atoms with Crippen molar-refractivity contribution >= 4 is 52.0 Å². The van der Waals surface area contributed by atoms with Crippen molar-refractivity contribution in [1.29, 1.82) is 0 Å². The minimum Gasteiger partial charge on any atom is -0.392 e. The van der Waals surface area contributed by atoms with Crippen molar-refractivity contribution in [2.45, 2.75) is 38.7 Å². The number of carbonyl (C=O) groups is 1. The third-order valence-electron chi connectivity index (χ3n) is 5.55. The van der Waals surface area contributed by atoms with Crippen molar-refractivity contribution in [3.8, 4) is 0 Å². The Kier molecular flexibility index (Phi) is 5.83. The van der Waals surface area contributed by atoms with Crippen LogP contribution in [-0.2, 0) is 22.5 Å². The van der Waals surface area contributed by atoms with Crippen LogP contribution in [0.2, 0.25) is 5.02 Å². The summed E-state index contributed by atoms with van der Waals surface area (Å²) < 4.78 is 0. The van der Waals surface area contributed by atoms with Gasteiger partial charge < -0.3 is 20.8 Å². The topological polar surface area (TPSA) is 101 Å². The summed E-state index contributed by atoms with van der Waals surface area (Å²) in [5, 5.41) is 13.9. The summed E-state index contributed by atoms with van der Waals surface area (Å²) in [5.41, 5.74) is 5.58. The molecule has 2 aliphatic heterocycles. The maximum atomic E-state index is 12.7. The first-order valence-corrected chi connectivity index (χ1v) is 11.2. The highest BCUT2D eigenvalue weighted by Crippen LogP contribution is 2.29. The summed E-state index contributed by atoms with van der Waals surface area (Å²) in [6, 6.07) is 13.9. The lowest BCUT2D eigenvalue weighted by atomic mass is 10.0. The van der Waals surface area contributed by atoms with Crippen molar-refractivity contribution in [3.05, 3.63) is 64.8 Å². The molecule has 1 aromatic heterocycles. The van der Waals surface area contributed by atoms with Crippen LogP contribution in [0.15, 0.2) is 53.8 Å². The van der Waals surface area contributed by atoms with E-state index in [9.17, 15) is 4.79 Å². The SMILES string of the molecule is CC1=NOC(CC(=O)Nc2ccc3cc2CCc2cccc(c2)Nc2ncc(Cl)c(n2)N3)C1. The molecule has 1 atom stereocenters. The zero-order valence-electron chi connectivity index (χ0n) is 18.1. The third kappa shape index (κ3) is 5.06. The summed E-state index contributed by atoms with van der Waals surface area (Å²) >= 11 is 6.33. The van der Waals surface area contributed by atoms with Crippen LogP contribution < -0.4 is 16.0 Å². The number of hydrogen-bond donors (Lipinski definition) is 3. The summed E-state index contributed by atoms with van der Waals surface area (Å²) in [5.74, 6) is 0.858. The molecule has 2 aliphatic rings. The smallest absolute Gasteiger partial charge is 0.229 e. The highest BCUT2D eigenvalue weighted by molar-refractivity contribution is 6.32. The van der Waals surface area contributed by atoms with E-state index in [1.807, 2.05) is 37.3 Å². The first-order valence-electron chi connectivity index (χ1n) is 10.8. The molecule has 8 nitrogen and oxygen atoms in total. The Balaban J connectivity index is 1.44. The second kappa shape index (κ2) is 9.07. The second-order valence-corrected chi connectivity index (χ2v) is 8.63. The number of amides is 1. The number of carbonyl (C=O) groups excluding carboxylic acids is 1. The Labute approximate surface area is 196 Å². The second-order valence-electron chi connectivity index (χ2n) is 8.22. The van der Waals surface area contributed by atoms with Crippen LogP contribution in [0.3, 0.4) is 0 Å². The van der Waals surface area contributed by atoms with Crippen LogP contribution >= 0.6 is 11.6 Å². The molecule has 6 bridgehead atoms. The van der Waals surface area contributed by atoms with E-state index in [4.69, 9.17) is 16.4 Å². The number of benzene rings is 2. The minimum absolute atomic E-state index is 0.0977. The molecule has 5 rings (SSSR count). The molecule has 9 heteroatoms. The molecule has 168 valence electrons. The van der Waals surface area contributed by atoms with Gasteiger partial charge in [0.2, 0.25) is 11.9 Å². The van der Waals surface area contributed by atoms with Crippen molar-refractivity contribution in [2.24, 2.45) is 5.16 Å². The predicted molar refractivity (Wildman–Crippen MR) is 130 cm³/mol. The zero-order chi connectivity index (χ0) is 22.8. The van der Waals surface area contributed by atoms with Crippen LogP contribution in [0.5, 0.6) is 0 Å². The van der Waals surface area contributed by atoms with Gasteiger partial charge in [0.25, 0.3) is 0 Å². The van der Waals surface area contributed by atoms with Gasteiger partial charge in [0.1, 0.15) is 11.1 Å². The lowest BCUT2D eigenvalue weighted by Crippen LogP contribution is -2.20. The molecule has 0 saturated carbocycles. The quantitative estimate of drug-likeness (QED) is 0.494. The Morgan fingerprint density at radius 1 is 1.18 bits per heavy atom. The van der Waals surface area contributed by atoms with Crippen LogP contribution in [0.1, 0.15) is 30.9 Å². The van der Waals surface area contributed by atoms with Gasteiger partial charge in [0.05, 0.1) is 18.3 Å². The Hall–Kier alpha value is -3.65. The van der Waals surface area contributed by atoms with E-state index in [2.05, 4.69) is 43.2 Å². The summed E-state index contributed by atoms with van der Waals surface area (Å²) in [4.78, 5) is 26.8. The number of hydrogen-bond acceptors (Lipinski definition) is 7. The number of fused-ring (bicyclic) bond motifs is 6. The highest BCUT2D eigenvalue weighted by Gasteiger charge is 2.22. The van der Waals surface area contributed by atoms with Gasteiger partial charge in [-0.25, -0.2) is 4.98 Å². The Morgan fingerprint density at radius 3 is 2.91 bits per heavy atom. The lowest BCUT2D eigenvalue weighted by Gasteiger charge is -2.15. The number of oxime groups is 1. The molecule has 3 heterocycles. The molecular formula is C24H23ClN6O2. The van der Waals surface area contributed by atoms with Crippen molar-refractivity contribution in [2.75, 3.05) is 16.0 Å². The van der Waals surface area contributed by atoms with Gasteiger partial charge >= 0.3 is 0 Å². The molecule has 3 aromatic rings. The highest BCUT2D eigenvalue weighted by atomic mass is 35.5. The Bertz CT molecular complexity index is 1250. The maximum Gasteiger partial charge on any atom is 0.229 e. The summed E-state index contributed by atoms with van der Waals surface area (Å²) in [6.45, 7) is 1.90. The number of nitrogens with one attached hydrogen (secondary N) is 3. The Morgan fingerprint density at radius 2 is 2.06 bits per heavy atom. The van der Waals surface area contributed by atoms with E-state index in [-0.39, 0.29) is 18.4 Å². The van der Waals surface area contributed by atoms with Crippen molar-refractivity contribution in [1.82, 2.24) is 9.97 Å².